The summed E-state index contributed by atoms with van der Waals surface area (Å²) in [5.74, 6) is -3.08. The molecule has 1 heterocycles. The van der Waals surface area contributed by atoms with Crippen LogP contribution < -0.4 is 15.4 Å². The lowest BCUT2D eigenvalue weighted by Gasteiger charge is -2.36. The quantitative estimate of drug-likeness (QED) is 0.276. The third-order valence-electron chi connectivity index (χ3n) is 8.93. The van der Waals surface area contributed by atoms with E-state index in [2.05, 4.69) is 21.9 Å². The van der Waals surface area contributed by atoms with Crippen molar-refractivity contribution in [1.82, 2.24) is 20.3 Å². The number of alkyl carbamates (subject to hydrolysis) is 1. The third kappa shape index (κ3) is 7.62. The Labute approximate surface area is 266 Å². The van der Waals surface area contributed by atoms with Gasteiger partial charge in [0.05, 0.1) is 17.4 Å². The van der Waals surface area contributed by atoms with Crippen molar-refractivity contribution in [2.75, 3.05) is 6.54 Å². The number of ether oxygens (including phenoxy) is 1. The number of rotatable bonds is 9. The van der Waals surface area contributed by atoms with Crippen molar-refractivity contribution in [2.24, 2.45) is 17.3 Å². The van der Waals surface area contributed by atoms with Crippen molar-refractivity contribution in [2.45, 2.75) is 115 Å². The molecule has 12 nitrogen and oxygen atoms in total. The number of carbonyl (C=O) groups excluding carboxylic acids is 4. The summed E-state index contributed by atoms with van der Waals surface area (Å²) in [5.41, 5.74) is -3.66. The number of carbonyl (C=O) groups is 4. The number of β-amino-alcohol motifs (C(OH)–C–C–N with tert-alkyl or cyclic N) is 1. The molecule has 0 aromatic carbocycles. The van der Waals surface area contributed by atoms with Gasteiger partial charge in [-0.25, -0.2) is 13.2 Å². The van der Waals surface area contributed by atoms with Crippen molar-refractivity contribution >= 4 is 33.8 Å². The van der Waals surface area contributed by atoms with E-state index in [0.717, 1.165) is 5.57 Å². The Balaban J connectivity index is 1.64. The zero-order chi connectivity index (χ0) is 33.8. The van der Waals surface area contributed by atoms with Crippen LogP contribution >= 0.6 is 0 Å². The fraction of sp³-hybridized carbons (Fsp3) is 0.688. The number of allylic oxidation sites excluding steroid dienone is 3. The summed E-state index contributed by atoms with van der Waals surface area (Å²) in [7, 11) is -3.89. The molecule has 250 valence electrons. The molecular weight excluding hydrogens is 600 g/mol. The fourth-order valence-electron chi connectivity index (χ4n) is 6.11. The van der Waals surface area contributed by atoms with Gasteiger partial charge in [0.1, 0.15) is 23.2 Å². The van der Waals surface area contributed by atoms with Gasteiger partial charge in [-0.15, -0.1) is 6.58 Å². The number of sulfonamides is 1. The van der Waals surface area contributed by atoms with Crippen LogP contribution in [-0.2, 0) is 29.1 Å². The first-order valence-electron chi connectivity index (χ1n) is 15.5. The van der Waals surface area contributed by atoms with Crippen LogP contribution in [0.5, 0.6) is 0 Å². The second-order valence-electron chi connectivity index (χ2n) is 15.1. The van der Waals surface area contributed by atoms with E-state index in [1.54, 1.807) is 41.5 Å². The standard InChI is InChI=1S/C32H48N4O8S/c1-9-20-16-32(20,27(39)35-45(42,43)22-13-14-22)34-25(37)23-17-31(41,21-12-10-11-19(2)15-21)18-36(23)26(38)24(29(3,4)5)33-28(40)44-30(6,7)8/h9-12,20-24,41H,1,13-18H2,2-8H3,(H,33,40)(H,34,37)(H,35,39)/t20-,21?,23+,24-,31+,32-/m1/s1. The maximum atomic E-state index is 14.3. The topological polar surface area (TPSA) is 171 Å². The monoisotopic (exact) mass is 648 g/mol. The van der Waals surface area contributed by atoms with Crippen LogP contribution in [0.1, 0.15) is 80.6 Å². The number of hydrogen-bond donors (Lipinski definition) is 4. The van der Waals surface area contributed by atoms with Crippen LogP contribution in [0.3, 0.4) is 0 Å². The highest BCUT2D eigenvalue weighted by molar-refractivity contribution is 7.91. The lowest BCUT2D eigenvalue weighted by atomic mass is 9.79. The average Bonchev–Trinajstić information content (AvgIpc) is 3.82. The van der Waals surface area contributed by atoms with E-state index in [1.165, 1.54) is 11.0 Å². The van der Waals surface area contributed by atoms with Gasteiger partial charge in [-0.05, 0) is 58.8 Å². The van der Waals surface area contributed by atoms with Gasteiger partial charge < -0.3 is 25.4 Å². The molecule has 1 unspecified atom stereocenters. The molecule has 1 saturated heterocycles. The van der Waals surface area contributed by atoms with Crippen LogP contribution in [0.4, 0.5) is 4.79 Å². The molecule has 6 atom stereocenters. The first-order chi connectivity index (χ1) is 20.6. The molecule has 4 rings (SSSR count). The van der Waals surface area contributed by atoms with Crippen molar-refractivity contribution in [3.05, 3.63) is 36.5 Å². The van der Waals surface area contributed by atoms with E-state index in [4.69, 9.17) is 4.74 Å². The van der Waals surface area contributed by atoms with Crippen molar-refractivity contribution in [3.63, 3.8) is 0 Å². The second kappa shape index (κ2) is 11.9. The molecule has 2 saturated carbocycles. The van der Waals surface area contributed by atoms with E-state index < -0.39 is 85.2 Å². The smallest absolute Gasteiger partial charge is 0.408 e. The molecule has 0 aromatic heterocycles. The number of likely N-dealkylation sites (tertiary alicyclic amines) is 1. The molecule has 0 spiro atoms. The Kier molecular flexibility index (Phi) is 9.15. The summed E-state index contributed by atoms with van der Waals surface area (Å²) in [6.45, 7) is 15.9. The Morgan fingerprint density at radius 3 is 2.29 bits per heavy atom. The lowest BCUT2D eigenvalue weighted by molar-refractivity contribution is -0.143. The SMILES string of the molecule is C=C[C@@H]1C[C@]1(NC(=O)[C@@H]1C[C@@](O)(C2C=CC=C(C)C2)CN1C(=O)[C@@H](NC(=O)OC(C)(C)C)C(C)(C)C)C(=O)NS(=O)(=O)C1CC1. The molecule has 45 heavy (non-hydrogen) atoms. The largest absolute Gasteiger partial charge is 0.444 e. The van der Waals surface area contributed by atoms with E-state index >= 15 is 0 Å². The number of amides is 4. The Hall–Kier alpha value is -3.19. The molecule has 4 amide bonds. The van der Waals surface area contributed by atoms with Gasteiger partial charge in [-0.3, -0.25) is 19.1 Å². The summed E-state index contributed by atoms with van der Waals surface area (Å²) >= 11 is 0. The van der Waals surface area contributed by atoms with Gasteiger partial charge in [-0.1, -0.05) is 50.6 Å². The predicted octanol–water partition coefficient (Wildman–Crippen LogP) is 2.45. The Bertz CT molecular complexity index is 1420. The highest BCUT2D eigenvalue weighted by Gasteiger charge is 2.63. The molecule has 4 N–H and O–H groups in total. The number of aliphatic hydroxyl groups is 1. The molecule has 13 heteroatoms. The summed E-state index contributed by atoms with van der Waals surface area (Å²) in [4.78, 5) is 55.8. The summed E-state index contributed by atoms with van der Waals surface area (Å²) in [6.07, 6.45) is 7.74. The van der Waals surface area contributed by atoms with Gasteiger partial charge in [0.15, 0.2) is 0 Å². The molecule has 3 fully saturated rings. The molecule has 3 aliphatic carbocycles. The number of nitrogens with one attached hydrogen (secondary N) is 3. The van der Waals surface area contributed by atoms with Crippen molar-refractivity contribution in [1.29, 1.82) is 0 Å². The van der Waals surface area contributed by atoms with Crippen molar-refractivity contribution in [3.8, 4) is 0 Å². The number of nitrogens with zero attached hydrogens (tertiary/aromatic N) is 1. The third-order valence-corrected chi connectivity index (χ3v) is 10.8. The van der Waals surface area contributed by atoms with E-state index in [-0.39, 0.29) is 19.4 Å². The van der Waals surface area contributed by atoms with Crippen LogP contribution in [0, 0.1) is 17.3 Å². The molecule has 4 aliphatic rings. The first-order valence-corrected chi connectivity index (χ1v) is 17.0. The second-order valence-corrected chi connectivity index (χ2v) is 17.1. The van der Waals surface area contributed by atoms with Gasteiger partial charge in [0.25, 0.3) is 5.91 Å². The predicted molar refractivity (Wildman–Crippen MR) is 168 cm³/mol. The van der Waals surface area contributed by atoms with Crippen LogP contribution in [0.15, 0.2) is 36.5 Å². The Morgan fingerprint density at radius 1 is 1.13 bits per heavy atom. The zero-order valence-corrected chi connectivity index (χ0v) is 28.1. The maximum absolute atomic E-state index is 14.3. The van der Waals surface area contributed by atoms with Gasteiger partial charge in [-0.2, -0.15) is 0 Å². The van der Waals surface area contributed by atoms with Gasteiger partial charge in [0, 0.05) is 18.3 Å². The summed E-state index contributed by atoms with van der Waals surface area (Å²) < 4.78 is 32.7. The first kappa shape index (κ1) is 34.7. The van der Waals surface area contributed by atoms with E-state index in [0.29, 0.717) is 19.3 Å². The normalized spacial score (nSPS) is 30.5. The fourth-order valence-corrected chi connectivity index (χ4v) is 7.48. The molecular formula is C32H48N4O8S. The lowest BCUT2D eigenvalue weighted by Crippen LogP contribution is -2.60. The van der Waals surface area contributed by atoms with E-state index in [1.807, 2.05) is 25.2 Å². The molecule has 0 bridgehead atoms. The minimum absolute atomic E-state index is 0.132. The minimum atomic E-state index is -3.89. The molecule has 0 radical (unpaired) electrons. The maximum Gasteiger partial charge on any atom is 0.408 e. The van der Waals surface area contributed by atoms with Crippen LogP contribution in [-0.4, -0.2) is 82.9 Å². The highest BCUT2D eigenvalue weighted by atomic mass is 32.2. The van der Waals surface area contributed by atoms with Crippen LogP contribution in [0.2, 0.25) is 0 Å². The summed E-state index contributed by atoms with van der Waals surface area (Å²) in [5, 5.41) is 16.8. The van der Waals surface area contributed by atoms with Gasteiger partial charge in [0.2, 0.25) is 21.8 Å². The zero-order valence-electron chi connectivity index (χ0n) is 27.3. The molecule has 0 aromatic rings. The molecule has 1 aliphatic heterocycles. The summed E-state index contributed by atoms with van der Waals surface area (Å²) in [6, 6.07) is -2.35. The minimum Gasteiger partial charge on any atom is -0.444 e. The highest BCUT2D eigenvalue weighted by Crippen LogP contribution is 2.46. The van der Waals surface area contributed by atoms with E-state index in [9.17, 15) is 32.7 Å². The van der Waals surface area contributed by atoms with Gasteiger partial charge >= 0.3 is 6.09 Å². The van der Waals surface area contributed by atoms with Crippen molar-refractivity contribution < 1.29 is 37.4 Å². The number of hydrogen-bond acceptors (Lipinski definition) is 8. The Morgan fingerprint density at radius 2 is 1.78 bits per heavy atom. The average molecular weight is 649 g/mol. The van der Waals surface area contributed by atoms with Crippen LogP contribution in [0.25, 0.3) is 0 Å².